The molecule has 0 radical (unpaired) electrons. The predicted octanol–water partition coefficient (Wildman–Crippen LogP) is -1.32. The zero-order valence-corrected chi connectivity index (χ0v) is 8.15. The maximum absolute atomic E-state index is 10.9. The molecular formula is C7H12N2O3S. The van der Waals surface area contributed by atoms with Crippen LogP contribution in [-0.2, 0) is 14.8 Å². The zero-order valence-electron chi connectivity index (χ0n) is 7.33. The molecule has 74 valence electrons. The van der Waals surface area contributed by atoms with Gasteiger partial charge in [0.25, 0.3) is 0 Å². The summed E-state index contributed by atoms with van der Waals surface area (Å²) >= 11 is 0. The largest absolute Gasteiger partial charge is 0.298 e. The van der Waals surface area contributed by atoms with Gasteiger partial charge in [-0.3, -0.25) is 14.8 Å². The molecule has 0 saturated carbocycles. The summed E-state index contributed by atoms with van der Waals surface area (Å²) in [4.78, 5) is 10.9. The van der Waals surface area contributed by atoms with Crippen LogP contribution in [0.5, 0.6) is 0 Å². The topological polar surface area (TPSA) is 75.3 Å². The van der Waals surface area contributed by atoms with E-state index < -0.39 is 15.9 Å². The Balaban J connectivity index is 3.84. The van der Waals surface area contributed by atoms with E-state index in [1.165, 1.54) is 6.92 Å². The summed E-state index contributed by atoms with van der Waals surface area (Å²) in [6.07, 6.45) is 4.91. The molecule has 0 atom stereocenters. The lowest BCUT2D eigenvalue weighted by Crippen LogP contribution is -2.38. The highest BCUT2D eigenvalue weighted by molar-refractivity contribution is 7.90. The number of carbonyl (C=O) groups is 1. The van der Waals surface area contributed by atoms with Crippen LogP contribution in [0.1, 0.15) is 6.92 Å². The maximum Gasteiger partial charge on any atom is 0.247 e. The molecule has 5 nitrogen and oxygen atoms in total. The minimum absolute atomic E-state index is 0.0938. The lowest BCUT2D eigenvalue weighted by atomic mass is 10.6. The van der Waals surface area contributed by atoms with E-state index in [1.54, 1.807) is 0 Å². The summed E-state index contributed by atoms with van der Waals surface area (Å²) in [5.41, 5.74) is 0. The van der Waals surface area contributed by atoms with Crippen molar-refractivity contribution in [2.24, 2.45) is 0 Å². The Morgan fingerprint density at radius 1 is 1.54 bits per heavy atom. The highest BCUT2D eigenvalue weighted by Crippen LogP contribution is 1.80. The van der Waals surface area contributed by atoms with Crippen molar-refractivity contribution in [1.29, 1.82) is 0 Å². The standard InChI is InChI=1S/C7H12N2O3S/c1-3-5-8-6-7(10)9-13(11,12)4-2/h1,8H,4-6H2,2H3,(H,9,10). The molecule has 0 aliphatic rings. The Morgan fingerprint density at radius 3 is 2.62 bits per heavy atom. The van der Waals surface area contributed by atoms with Crippen LogP contribution in [0.3, 0.4) is 0 Å². The van der Waals surface area contributed by atoms with Gasteiger partial charge in [-0.05, 0) is 6.92 Å². The molecule has 0 spiro atoms. The van der Waals surface area contributed by atoms with Gasteiger partial charge in [-0.1, -0.05) is 5.92 Å². The Bertz CT molecular complexity index is 302. The average molecular weight is 204 g/mol. The number of hydrogen-bond donors (Lipinski definition) is 2. The van der Waals surface area contributed by atoms with Gasteiger partial charge in [0.05, 0.1) is 18.8 Å². The smallest absolute Gasteiger partial charge is 0.247 e. The molecule has 0 saturated heterocycles. The number of nitrogens with one attached hydrogen (secondary N) is 2. The first kappa shape index (κ1) is 11.9. The van der Waals surface area contributed by atoms with Crippen LogP contribution in [0.2, 0.25) is 0 Å². The van der Waals surface area contributed by atoms with Crippen molar-refractivity contribution in [2.75, 3.05) is 18.8 Å². The Kier molecular flexibility index (Phi) is 5.11. The second-order valence-corrected chi connectivity index (χ2v) is 4.25. The minimum Gasteiger partial charge on any atom is -0.298 e. The highest BCUT2D eigenvalue weighted by atomic mass is 32.2. The molecule has 0 aromatic rings. The van der Waals surface area contributed by atoms with Gasteiger partial charge in [-0.2, -0.15) is 0 Å². The first-order chi connectivity index (χ1) is 6.02. The van der Waals surface area contributed by atoms with Gasteiger partial charge >= 0.3 is 0 Å². The van der Waals surface area contributed by atoms with E-state index in [0.29, 0.717) is 0 Å². The van der Waals surface area contributed by atoms with Crippen molar-refractivity contribution in [3.63, 3.8) is 0 Å². The fourth-order valence-corrected chi connectivity index (χ4v) is 1.09. The second kappa shape index (κ2) is 5.56. The van der Waals surface area contributed by atoms with E-state index in [2.05, 4.69) is 11.2 Å². The normalized spacial score (nSPS) is 10.5. The number of amides is 1. The molecule has 0 rings (SSSR count). The number of carbonyl (C=O) groups excluding carboxylic acids is 1. The van der Waals surface area contributed by atoms with E-state index in [-0.39, 0.29) is 18.8 Å². The first-order valence-electron chi connectivity index (χ1n) is 3.69. The molecule has 0 aromatic heterocycles. The highest BCUT2D eigenvalue weighted by Gasteiger charge is 2.10. The third-order valence-electron chi connectivity index (χ3n) is 1.16. The molecule has 0 heterocycles. The molecular weight excluding hydrogens is 192 g/mol. The average Bonchev–Trinajstić information content (AvgIpc) is 2.04. The van der Waals surface area contributed by atoms with Crippen molar-refractivity contribution in [3.8, 4) is 12.3 Å². The number of rotatable bonds is 5. The van der Waals surface area contributed by atoms with Crippen molar-refractivity contribution in [1.82, 2.24) is 10.0 Å². The van der Waals surface area contributed by atoms with Gasteiger partial charge in [0.2, 0.25) is 15.9 Å². The second-order valence-electron chi connectivity index (χ2n) is 2.24. The van der Waals surface area contributed by atoms with E-state index in [0.717, 1.165) is 0 Å². The minimum atomic E-state index is -3.45. The quantitative estimate of drug-likeness (QED) is 0.430. The molecule has 6 heteroatoms. The summed E-state index contributed by atoms with van der Waals surface area (Å²) < 4.78 is 23.6. The molecule has 0 aliphatic heterocycles. The Hall–Kier alpha value is -1.06. The summed E-state index contributed by atoms with van der Waals surface area (Å²) in [5.74, 6) is 1.54. The molecule has 0 bridgehead atoms. The monoisotopic (exact) mass is 204 g/mol. The van der Waals surface area contributed by atoms with Crippen molar-refractivity contribution >= 4 is 15.9 Å². The van der Waals surface area contributed by atoms with Crippen LogP contribution in [0, 0.1) is 12.3 Å². The molecule has 2 N–H and O–H groups in total. The SMILES string of the molecule is C#CCNCC(=O)NS(=O)(=O)CC. The molecule has 1 amide bonds. The van der Waals surface area contributed by atoms with Crippen LogP contribution >= 0.6 is 0 Å². The fraction of sp³-hybridized carbons (Fsp3) is 0.571. The number of sulfonamides is 1. The van der Waals surface area contributed by atoms with Crippen LogP contribution < -0.4 is 10.0 Å². The number of terminal acetylenes is 1. The zero-order chi connectivity index (χ0) is 10.3. The van der Waals surface area contributed by atoms with E-state index in [4.69, 9.17) is 6.42 Å². The lowest BCUT2D eigenvalue weighted by molar-refractivity contribution is -0.118. The summed E-state index contributed by atoms with van der Waals surface area (Å²) in [6.45, 7) is 1.59. The summed E-state index contributed by atoms with van der Waals surface area (Å²) in [5, 5.41) is 2.57. The predicted molar refractivity (Wildman–Crippen MR) is 49.3 cm³/mol. The third kappa shape index (κ3) is 6.13. The van der Waals surface area contributed by atoms with E-state index in [1.807, 2.05) is 4.72 Å². The molecule has 0 aliphatic carbocycles. The van der Waals surface area contributed by atoms with Crippen LogP contribution in [-0.4, -0.2) is 33.2 Å². The van der Waals surface area contributed by atoms with Gasteiger partial charge in [0, 0.05) is 0 Å². The van der Waals surface area contributed by atoms with Crippen molar-refractivity contribution in [2.45, 2.75) is 6.92 Å². The fourth-order valence-electron chi connectivity index (χ4n) is 0.530. The first-order valence-corrected chi connectivity index (χ1v) is 5.34. The van der Waals surface area contributed by atoms with Gasteiger partial charge < -0.3 is 0 Å². The van der Waals surface area contributed by atoms with Crippen LogP contribution in [0.15, 0.2) is 0 Å². The van der Waals surface area contributed by atoms with E-state index >= 15 is 0 Å². The van der Waals surface area contributed by atoms with Gasteiger partial charge in [0.15, 0.2) is 0 Å². The summed E-state index contributed by atoms with van der Waals surface area (Å²) in [7, 11) is -3.45. The Morgan fingerprint density at radius 2 is 2.15 bits per heavy atom. The van der Waals surface area contributed by atoms with Crippen LogP contribution in [0.4, 0.5) is 0 Å². The van der Waals surface area contributed by atoms with Crippen LogP contribution in [0.25, 0.3) is 0 Å². The molecule has 13 heavy (non-hydrogen) atoms. The molecule has 0 fully saturated rings. The maximum atomic E-state index is 10.9. The van der Waals surface area contributed by atoms with Gasteiger partial charge in [-0.15, -0.1) is 6.42 Å². The van der Waals surface area contributed by atoms with Crippen molar-refractivity contribution in [3.05, 3.63) is 0 Å². The molecule has 0 unspecified atom stereocenters. The number of hydrogen-bond acceptors (Lipinski definition) is 4. The van der Waals surface area contributed by atoms with E-state index in [9.17, 15) is 13.2 Å². The lowest BCUT2D eigenvalue weighted by Gasteiger charge is -2.03. The van der Waals surface area contributed by atoms with Crippen molar-refractivity contribution < 1.29 is 13.2 Å². The van der Waals surface area contributed by atoms with Gasteiger partial charge in [-0.25, -0.2) is 8.42 Å². The summed E-state index contributed by atoms with van der Waals surface area (Å²) in [6, 6.07) is 0. The molecule has 0 aromatic carbocycles. The third-order valence-corrected chi connectivity index (χ3v) is 2.46. The Labute approximate surface area is 78.0 Å². The van der Waals surface area contributed by atoms with Gasteiger partial charge in [0.1, 0.15) is 0 Å².